The van der Waals surface area contributed by atoms with E-state index in [-0.39, 0.29) is 6.42 Å². The van der Waals surface area contributed by atoms with Gasteiger partial charge in [-0.15, -0.1) is 0 Å². The molecule has 1 aliphatic heterocycles. The lowest BCUT2D eigenvalue weighted by Crippen LogP contribution is -2.29. The smallest absolute Gasteiger partial charge is 0.303 e. The summed E-state index contributed by atoms with van der Waals surface area (Å²) in [5.41, 5.74) is 1.29. The molecule has 1 rings (SSSR count). The van der Waals surface area contributed by atoms with E-state index in [0.29, 0.717) is 6.42 Å². The summed E-state index contributed by atoms with van der Waals surface area (Å²) < 4.78 is 0. The standard InChI is InChI=1S/C10H17NO2/c1-2-11-7-3-4-9(8-11)5-6-10(12)13/h4H,2-3,5-8H2,1H3,(H,12,13). The van der Waals surface area contributed by atoms with Crippen molar-refractivity contribution in [3.05, 3.63) is 11.6 Å². The molecule has 0 spiro atoms. The van der Waals surface area contributed by atoms with Gasteiger partial charge in [-0.25, -0.2) is 0 Å². The molecule has 0 atom stereocenters. The average molecular weight is 183 g/mol. The van der Waals surface area contributed by atoms with Gasteiger partial charge in [-0.2, -0.15) is 0 Å². The first-order chi connectivity index (χ1) is 6.22. The molecule has 1 heterocycles. The minimum Gasteiger partial charge on any atom is -0.481 e. The van der Waals surface area contributed by atoms with Gasteiger partial charge >= 0.3 is 5.97 Å². The van der Waals surface area contributed by atoms with E-state index < -0.39 is 5.97 Å². The Hall–Kier alpha value is -0.830. The molecule has 1 N–H and O–H groups in total. The summed E-state index contributed by atoms with van der Waals surface area (Å²) in [5.74, 6) is -0.700. The Morgan fingerprint density at radius 3 is 3.08 bits per heavy atom. The summed E-state index contributed by atoms with van der Waals surface area (Å²) in [7, 11) is 0. The second-order valence-electron chi connectivity index (χ2n) is 3.41. The van der Waals surface area contributed by atoms with E-state index in [1.165, 1.54) is 5.57 Å². The van der Waals surface area contributed by atoms with Crippen molar-refractivity contribution >= 4 is 5.97 Å². The predicted octanol–water partition coefficient (Wildman–Crippen LogP) is 1.50. The van der Waals surface area contributed by atoms with Crippen molar-refractivity contribution in [3.8, 4) is 0 Å². The molecule has 0 saturated heterocycles. The van der Waals surface area contributed by atoms with Gasteiger partial charge in [-0.1, -0.05) is 18.6 Å². The van der Waals surface area contributed by atoms with E-state index >= 15 is 0 Å². The molecule has 3 nitrogen and oxygen atoms in total. The monoisotopic (exact) mass is 183 g/mol. The highest BCUT2D eigenvalue weighted by atomic mass is 16.4. The Balaban J connectivity index is 2.33. The predicted molar refractivity (Wildman–Crippen MR) is 51.7 cm³/mol. The minimum atomic E-state index is -0.700. The summed E-state index contributed by atoms with van der Waals surface area (Å²) in [6.07, 6.45) is 4.24. The van der Waals surface area contributed by atoms with Crippen molar-refractivity contribution in [1.82, 2.24) is 4.90 Å². The van der Waals surface area contributed by atoms with E-state index in [4.69, 9.17) is 5.11 Å². The van der Waals surface area contributed by atoms with Crippen molar-refractivity contribution < 1.29 is 9.90 Å². The Bertz CT molecular complexity index is 211. The summed E-state index contributed by atoms with van der Waals surface area (Å²) >= 11 is 0. The quantitative estimate of drug-likeness (QED) is 0.671. The number of hydrogen-bond acceptors (Lipinski definition) is 2. The van der Waals surface area contributed by atoms with Crippen LogP contribution in [0.25, 0.3) is 0 Å². The van der Waals surface area contributed by atoms with Crippen molar-refractivity contribution in [2.45, 2.75) is 26.2 Å². The van der Waals surface area contributed by atoms with Crippen LogP contribution < -0.4 is 0 Å². The molecule has 0 aromatic carbocycles. The van der Waals surface area contributed by atoms with Crippen LogP contribution >= 0.6 is 0 Å². The number of likely N-dealkylation sites (N-methyl/N-ethyl adjacent to an activating group) is 1. The van der Waals surface area contributed by atoms with Crippen molar-refractivity contribution in [1.29, 1.82) is 0 Å². The van der Waals surface area contributed by atoms with Crippen LogP contribution in [-0.2, 0) is 4.79 Å². The third-order valence-electron chi connectivity index (χ3n) is 2.41. The highest BCUT2D eigenvalue weighted by molar-refractivity contribution is 5.67. The molecular weight excluding hydrogens is 166 g/mol. The normalized spacial score (nSPS) is 18.4. The number of rotatable bonds is 4. The molecule has 0 saturated carbocycles. The first kappa shape index (κ1) is 10.3. The number of nitrogens with zero attached hydrogens (tertiary/aromatic N) is 1. The second-order valence-corrected chi connectivity index (χ2v) is 3.41. The molecule has 0 radical (unpaired) electrons. The Morgan fingerprint density at radius 2 is 2.46 bits per heavy atom. The third kappa shape index (κ3) is 3.59. The molecule has 0 aromatic rings. The van der Waals surface area contributed by atoms with Crippen LogP contribution in [0.15, 0.2) is 11.6 Å². The van der Waals surface area contributed by atoms with Crippen LogP contribution in [0.5, 0.6) is 0 Å². The fourth-order valence-corrected chi connectivity index (χ4v) is 1.60. The molecule has 0 fully saturated rings. The van der Waals surface area contributed by atoms with Crippen LogP contribution in [0.3, 0.4) is 0 Å². The van der Waals surface area contributed by atoms with Gasteiger partial charge in [0.1, 0.15) is 0 Å². The van der Waals surface area contributed by atoms with Gasteiger partial charge in [-0.3, -0.25) is 9.69 Å². The second kappa shape index (κ2) is 5.02. The first-order valence-electron chi connectivity index (χ1n) is 4.84. The molecule has 3 heteroatoms. The zero-order valence-corrected chi connectivity index (χ0v) is 8.12. The van der Waals surface area contributed by atoms with E-state index in [1.807, 2.05) is 0 Å². The number of carbonyl (C=O) groups is 1. The molecule has 0 bridgehead atoms. The van der Waals surface area contributed by atoms with Gasteiger partial charge < -0.3 is 5.11 Å². The number of carboxylic acids is 1. The summed E-state index contributed by atoms with van der Waals surface area (Å²) in [6, 6.07) is 0. The highest BCUT2D eigenvalue weighted by Gasteiger charge is 2.11. The van der Waals surface area contributed by atoms with E-state index in [1.54, 1.807) is 0 Å². The lowest BCUT2D eigenvalue weighted by molar-refractivity contribution is -0.136. The van der Waals surface area contributed by atoms with Crippen molar-refractivity contribution in [2.24, 2.45) is 0 Å². The molecule has 0 aromatic heterocycles. The topological polar surface area (TPSA) is 40.5 Å². The maximum Gasteiger partial charge on any atom is 0.303 e. The van der Waals surface area contributed by atoms with Gasteiger partial charge in [0.2, 0.25) is 0 Å². The lowest BCUT2D eigenvalue weighted by atomic mass is 10.0. The zero-order chi connectivity index (χ0) is 9.68. The fraction of sp³-hybridized carbons (Fsp3) is 0.700. The maximum absolute atomic E-state index is 10.4. The van der Waals surface area contributed by atoms with Crippen LogP contribution in [0.4, 0.5) is 0 Å². The lowest BCUT2D eigenvalue weighted by Gasteiger charge is -2.25. The molecular formula is C10H17NO2. The van der Waals surface area contributed by atoms with Gasteiger partial charge in [-0.05, 0) is 19.4 Å². The van der Waals surface area contributed by atoms with Gasteiger partial charge in [0.15, 0.2) is 0 Å². The molecule has 74 valence electrons. The largest absolute Gasteiger partial charge is 0.481 e. The minimum absolute atomic E-state index is 0.267. The van der Waals surface area contributed by atoms with Crippen LogP contribution in [-0.4, -0.2) is 35.6 Å². The van der Waals surface area contributed by atoms with E-state index in [0.717, 1.165) is 26.1 Å². The van der Waals surface area contributed by atoms with E-state index in [2.05, 4.69) is 17.9 Å². The van der Waals surface area contributed by atoms with Gasteiger partial charge in [0, 0.05) is 19.5 Å². The molecule has 0 aliphatic carbocycles. The first-order valence-corrected chi connectivity index (χ1v) is 4.84. The van der Waals surface area contributed by atoms with Crippen molar-refractivity contribution in [3.63, 3.8) is 0 Å². The highest BCUT2D eigenvalue weighted by Crippen LogP contribution is 2.13. The maximum atomic E-state index is 10.4. The van der Waals surface area contributed by atoms with Crippen LogP contribution in [0, 0.1) is 0 Å². The zero-order valence-electron chi connectivity index (χ0n) is 8.12. The van der Waals surface area contributed by atoms with Crippen LogP contribution in [0.2, 0.25) is 0 Å². The Kier molecular flexibility index (Phi) is 3.96. The number of hydrogen-bond donors (Lipinski definition) is 1. The third-order valence-corrected chi connectivity index (χ3v) is 2.41. The molecule has 0 unspecified atom stereocenters. The summed E-state index contributed by atoms with van der Waals surface area (Å²) in [4.78, 5) is 12.7. The molecule has 1 aliphatic rings. The van der Waals surface area contributed by atoms with Crippen LogP contribution in [0.1, 0.15) is 26.2 Å². The van der Waals surface area contributed by atoms with E-state index in [9.17, 15) is 4.79 Å². The summed E-state index contributed by atoms with van der Waals surface area (Å²) in [6.45, 7) is 5.28. The molecule has 0 amide bonds. The number of carboxylic acid groups (broad SMARTS) is 1. The SMILES string of the molecule is CCN1CCC=C(CCC(=O)O)C1. The fourth-order valence-electron chi connectivity index (χ4n) is 1.60. The van der Waals surface area contributed by atoms with Gasteiger partial charge in [0.05, 0.1) is 0 Å². The Morgan fingerprint density at radius 1 is 1.69 bits per heavy atom. The average Bonchev–Trinajstić information content (AvgIpc) is 2.15. The summed E-state index contributed by atoms with van der Waals surface area (Å²) in [5, 5.41) is 8.53. The molecule has 13 heavy (non-hydrogen) atoms. The Labute approximate surface area is 79.0 Å². The van der Waals surface area contributed by atoms with Gasteiger partial charge in [0.25, 0.3) is 0 Å². The van der Waals surface area contributed by atoms with Crippen molar-refractivity contribution in [2.75, 3.05) is 19.6 Å². The number of aliphatic carboxylic acids is 1.